The minimum Gasteiger partial charge on any atom is -0.370 e. The Hall–Kier alpha value is -1.97. The summed E-state index contributed by atoms with van der Waals surface area (Å²) in [6.45, 7) is 6.66. The predicted molar refractivity (Wildman–Crippen MR) is 80.3 cm³/mol. The summed E-state index contributed by atoms with van der Waals surface area (Å²) < 4.78 is 13.7. The van der Waals surface area contributed by atoms with Gasteiger partial charge < -0.3 is 5.32 Å². The Kier molecular flexibility index (Phi) is 4.66. The van der Waals surface area contributed by atoms with E-state index < -0.39 is 0 Å². The molecular formula is C16H20FN3. The summed E-state index contributed by atoms with van der Waals surface area (Å²) in [5.74, 6) is 1.38. The van der Waals surface area contributed by atoms with Crippen molar-refractivity contribution in [1.82, 2.24) is 9.97 Å². The Morgan fingerprint density at radius 3 is 2.60 bits per heavy atom. The van der Waals surface area contributed by atoms with Gasteiger partial charge >= 0.3 is 0 Å². The molecule has 1 aromatic heterocycles. The lowest BCUT2D eigenvalue weighted by atomic mass is 10.1. The first kappa shape index (κ1) is 14.4. The van der Waals surface area contributed by atoms with Crippen molar-refractivity contribution >= 4 is 5.82 Å². The van der Waals surface area contributed by atoms with E-state index in [1.54, 1.807) is 13.0 Å². The van der Waals surface area contributed by atoms with Crippen molar-refractivity contribution in [3.8, 4) is 11.3 Å². The Morgan fingerprint density at radius 1 is 1.15 bits per heavy atom. The standard InChI is InChI=1S/C16H20FN3/c1-4-6-15-19-14(10-16(20-15)18-5-2)12-8-7-11(3)13(17)9-12/h7-10H,4-6H2,1-3H3,(H,18,19,20). The second-order valence-electron chi connectivity index (χ2n) is 4.80. The number of anilines is 1. The molecule has 0 atom stereocenters. The monoisotopic (exact) mass is 273 g/mol. The summed E-state index contributed by atoms with van der Waals surface area (Å²) >= 11 is 0. The van der Waals surface area contributed by atoms with E-state index in [0.717, 1.165) is 42.3 Å². The van der Waals surface area contributed by atoms with Crippen molar-refractivity contribution < 1.29 is 4.39 Å². The van der Waals surface area contributed by atoms with Crippen LogP contribution in [0.5, 0.6) is 0 Å². The van der Waals surface area contributed by atoms with Crippen molar-refractivity contribution in [3.05, 3.63) is 41.5 Å². The maximum absolute atomic E-state index is 13.7. The number of benzene rings is 1. The van der Waals surface area contributed by atoms with Gasteiger partial charge in [0, 0.05) is 24.6 Å². The first-order valence-electron chi connectivity index (χ1n) is 7.02. The minimum atomic E-state index is -0.205. The van der Waals surface area contributed by atoms with Crippen LogP contribution < -0.4 is 5.32 Å². The molecule has 0 aliphatic rings. The molecule has 3 nitrogen and oxygen atoms in total. The van der Waals surface area contributed by atoms with Crippen molar-refractivity contribution in [2.24, 2.45) is 0 Å². The molecule has 4 heteroatoms. The summed E-state index contributed by atoms with van der Waals surface area (Å²) in [5, 5.41) is 3.20. The van der Waals surface area contributed by atoms with Crippen LogP contribution in [-0.4, -0.2) is 16.5 Å². The van der Waals surface area contributed by atoms with E-state index in [1.165, 1.54) is 6.07 Å². The average molecular weight is 273 g/mol. The molecule has 0 bridgehead atoms. The van der Waals surface area contributed by atoms with E-state index in [0.29, 0.717) is 5.56 Å². The molecule has 1 N–H and O–H groups in total. The van der Waals surface area contributed by atoms with Gasteiger partial charge in [-0.3, -0.25) is 0 Å². The Labute approximate surface area is 119 Å². The van der Waals surface area contributed by atoms with Crippen LogP contribution in [0.4, 0.5) is 10.2 Å². The van der Waals surface area contributed by atoms with Crippen LogP contribution in [0.3, 0.4) is 0 Å². The van der Waals surface area contributed by atoms with Crippen molar-refractivity contribution in [1.29, 1.82) is 0 Å². The average Bonchev–Trinajstić information content (AvgIpc) is 2.42. The van der Waals surface area contributed by atoms with Gasteiger partial charge in [0.2, 0.25) is 0 Å². The molecule has 0 radical (unpaired) electrons. The fourth-order valence-corrected chi connectivity index (χ4v) is 2.00. The third-order valence-corrected chi connectivity index (χ3v) is 3.07. The molecule has 0 fully saturated rings. The number of aryl methyl sites for hydroxylation is 2. The number of halogens is 1. The fraction of sp³-hybridized carbons (Fsp3) is 0.375. The lowest BCUT2D eigenvalue weighted by Gasteiger charge is -2.09. The van der Waals surface area contributed by atoms with Gasteiger partial charge in [-0.2, -0.15) is 0 Å². The molecule has 1 aromatic carbocycles. The van der Waals surface area contributed by atoms with Gasteiger partial charge in [0.1, 0.15) is 17.5 Å². The number of aromatic nitrogens is 2. The zero-order valence-electron chi connectivity index (χ0n) is 12.2. The van der Waals surface area contributed by atoms with Crippen LogP contribution in [0.25, 0.3) is 11.3 Å². The molecule has 0 saturated carbocycles. The zero-order chi connectivity index (χ0) is 14.5. The molecule has 0 aliphatic carbocycles. The Bertz CT molecular complexity index is 572. The largest absolute Gasteiger partial charge is 0.370 e. The topological polar surface area (TPSA) is 37.8 Å². The molecular weight excluding hydrogens is 253 g/mol. The van der Waals surface area contributed by atoms with Crippen LogP contribution in [-0.2, 0) is 6.42 Å². The number of hydrogen-bond donors (Lipinski definition) is 1. The molecule has 0 unspecified atom stereocenters. The molecule has 1 heterocycles. The van der Waals surface area contributed by atoms with Crippen LogP contribution >= 0.6 is 0 Å². The van der Waals surface area contributed by atoms with E-state index >= 15 is 0 Å². The van der Waals surface area contributed by atoms with E-state index in [4.69, 9.17) is 0 Å². The Balaban J connectivity index is 2.45. The summed E-state index contributed by atoms with van der Waals surface area (Å²) in [5.41, 5.74) is 2.19. The van der Waals surface area contributed by atoms with Gasteiger partial charge in [-0.25, -0.2) is 14.4 Å². The van der Waals surface area contributed by atoms with Crippen LogP contribution in [0.1, 0.15) is 31.7 Å². The lowest BCUT2D eigenvalue weighted by Crippen LogP contribution is -2.04. The molecule has 20 heavy (non-hydrogen) atoms. The predicted octanol–water partition coefficient (Wildman–Crippen LogP) is 3.98. The summed E-state index contributed by atoms with van der Waals surface area (Å²) in [6.07, 6.45) is 1.80. The van der Waals surface area contributed by atoms with Crippen molar-refractivity contribution in [2.45, 2.75) is 33.6 Å². The first-order valence-corrected chi connectivity index (χ1v) is 7.02. The van der Waals surface area contributed by atoms with Gasteiger partial charge in [0.15, 0.2) is 0 Å². The summed E-state index contributed by atoms with van der Waals surface area (Å²) in [4.78, 5) is 8.99. The SMILES string of the molecule is CCCc1nc(NCC)cc(-c2ccc(C)c(F)c2)n1. The molecule has 106 valence electrons. The maximum atomic E-state index is 13.7. The van der Waals surface area contributed by atoms with Crippen LogP contribution in [0.15, 0.2) is 24.3 Å². The van der Waals surface area contributed by atoms with E-state index in [9.17, 15) is 4.39 Å². The minimum absolute atomic E-state index is 0.205. The normalized spacial score (nSPS) is 10.6. The highest BCUT2D eigenvalue weighted by Gasteiger charge is 2.08. The van der Waals surface area contributed by atoms with Gasteiger partial charge in [0.25, 0.3) is 0 Å². The van der Waals surface area contributed by atoms with Gasteiger partial charge in [-0.15, -0.1) is 0 Å². The van der Waals surface area contributed by atoms with E-state index in [1.807, 2.05) is 19.1 Å². The molecule has 0 saturated heterocycles. The van der Waals surface area contributed by atoms with Crippen molar-refractivity contribution in [2.75, 3.05) is 11.9 Å². The second-order valence-corrected chi connectivity index (χ2v) is 4.80. The van der Waals surface area contributed by atoms with E-state index in [-0.39, 0.29) is 5.82 Å². The second kappa shape index (κ2) is 6.46. The van der Waals surface area contributed by atoms with Crippen molar-refractivity contribution in [3.63, 3.8) is 0 Å². The number of nitrogens with one attached hydrogen (secondary N) is 1. The molecule has 0 amide bonds. The highest BCUT2D eigenvalue weighted by molar-refractivity contribution is 5.63. The quantitative estimate of drug-likeness (QED) is 0.895. The van der Waals surface area contributed by atoms with E-state index in [2.05, 4.69) is 22.2 Å². The lowest BCUT2D eigenvalue weighted by molar-refractivity contribution is 0.619. The van der Waals surface area contributed by atoms with Crippen LogP contribution in [0.2, 0.25) is 0 Å². The maximum Gasteiger partial charge on any atom is 0.131 e. The number of hydrogen-bond acceptors (Lipinski definition) is 3. The third kappa shape index (κ3) is 3.32. The highest BCUT2D eigenvalue weighted by Crippen LogP contribution is 2.22. The van der Waals surface area contributed by atoms with Gasteiger partial charge in [-0.05, 0) is 31.9 Å². The van der Waals surface area contributed by atoms with Crippen LogP contribution in [0, 0.1) is 12.7 Å². The smallest absolute Gasteiger partial charge is 0.131 e. The highest BCUT2D eigenvalue weighted by atomic mass is 19.1. The fourth-order valence-electron chi connectivity index (χ4n) is 2.00. The van der Waals surface area contributed by atoms with Gasteiger partial charge in [-0.1, -0.05) is 19.1 Å². The number of rotatable bonds is 5. The molecule has 0 aliphatic heterocycles. The Morgan fingerprint density at radius 2 is 1.95 bits per heavy atom. The zero-order valence-corrected chi connectivity index (χ0v) is 12.2. The molecule has 2 rings (SSSR count). The first-order chi connectivity index (χ1) is 9.63. The molecule has 2 aromatic rings. The summed E-state index contributed by atoms with van der Waals surface area (Å²) in [6, 6.07) is 7.07. The number of nitrogens with zero attached hydrogens (tertiary/aromatic N) is 2. The molecule has 0 spiro atoms. The van der Waals surface area contributed by atoms with Gasteiger partial charge in [0.05, 0.1) is 5.69 Å². The summed E-state index contributed by atoms with van der Waals surface area (Å²) in [7, 11) is 0. The third-order valence-electron chi connectivity index (χ3n) is 3.07.